The highest BCUT2D eigenvalue weighted by Crippen LogP contribution is 2.40. The smallest absolute Gasteiger partial charge is 0.142 e. The Balaban J connectivity index is 1.98. The predicted molar refractivity (Wildman–Crippen MR) is 85.8 cm³/mol. The summed E-state index contributed by atoms with van der Waals surface area (Å²) < 4.78 is 13.8. The molecule has 2 unspecified atom stereocenters. The normalized spacial score (nSPS) is 22.2. The molecule has 0 radical (unpaired) electrons. The second kappa shape index (κ2) is 6.35. The molecule has 0 bridgehead atoms. The molecule has 0 aromatic heterocycles. The van der Waals surface area contributed by atoms with E-state index in [0.29, 0.717) is 0 Å². The maximum absolute atomic E-state index is 13.8. The number of halogens is 3. The van der Waals surface area contributed by atoms with Crippen molar-refractivity contribution in [3.8, 4) is 0 Å². The number of benzene rings is 2. The topological polar surface area (TPSA) is 12.0 Å². The SMILES string of the molecule is Fc1cc(C2CCNCC2c2ccccc2Cl)ccc1Cl. The van der Waals surface area contributed by atoms with E-state index in [1.807, 2.05) is 24.3 Å². The first-order chi connectivity index (χ1) is 10.2. The van der Waals surface area contributed by atoms with Gasteiger partial charge in [0.15, 0.2) is 0 Å². The molecule has 110 valence electrons. The van der Waals surface area contributed by atoms with Gasteiger partial charge in [0.05, 0.1) is 5.02 Å². The van der Waals surface area contributed by atoms with Crippen LogP contribution < -0.4 is 5.32 Å². The van der Waals surface area contributed by atoms with Crippen LogP contribution in [0.2, 0.25) is 10.0 Å². The zero-order valence-corrected chi connectivity index (χ0v) is 13.0. The molecule has 3 rings (SSSR count). The summed E-state index contributed by atoms with van der Waals surface area (Å²) in [6.45, 7) is 1.77. The lowest BCUT2D eigenvalue weighted by Crippen LogP contribution is -2.34. The van der Waals surface area contributed by atoms with E-state index in [1.54, 1.807) is 12.1 Å². The summed E-state index contributed by atoms with van der Waals surface area (Å²) in [5.74, 6) is 0.136. The Morgan fingerprint density at radius 2 is 1.81 bits per heavy atom. The summed E-state index contributed by atoms with van der Waals surface area (Å²) in [5.41, 5.74) is 2.11. The lowest BCUT2D eigenvalue weighted by molar-refractivity contribution is 0.403. The van der Waals surface area contributed by atoms with Crippen LogP contribution in [0.3, 0.4) is 0 Å². The summed E-state index contributed by atoms with van der Waals surface area (Å²) in [6, 6.07) is 13.0. The minimum Gasteiger partial charge on any atom is -0.316 e. The highest BCUT2D eigenvalue weighted by atomic mass is 35.5. The number of hydrogen-bond acceptors (Lipinski definition) is 1. The molecule has 1 fully saturated rings. The van der Waals surface area contributed by atoms with Gasteiger partial charge in [-0.1, -0.05) is 47.5 Å². The standard InChI is InChI=1S/C17H16Cl2FN/c18-15-4-2-1-3-13(15)14-10-21-8-7-12(14)11-5-6-16(19)17(20)9-11/h1-6,9,12,14,21H,7-8,10H2. The van der Waals surface area contributed by atoms with Gasteiger partial charge in [0.25, 0.3) is 0 Å². The minimum atomic E-state index is -0.356. The van der Waals surface area contributed by atoms with Gasteiger partial charge < -0.3 is 5.32 Å². The molecule has 2 aromatic carbocycles. The van der Waals surface area contributed by atoms with E-state index >= 15 is 0 Å². The van der Waals surface area contributed by atoms with Crippen LogP contribution in [0.4, 0.5) is 4.39 Å². The summed E-state index contributed by atoms with van der Waals surface area (Å²) in [6.07, 6.45) is 0.955. The maximum Gasteiger partial charge on any atom is 0.142 e. The first-order valence-electron chi connectivity index (χ1n) is 7.07. The van der Waals surface area contributed by atoms with Gasteiger partial charge in [-0.05, 0) is 48.2 Å². The second-order valence-electron chi connectivity index (χ2n) is 5.40. The molecule has 0 spiro atoms. The van der Waals surface area contributed by atoms with E-state index in [-0.39, 0.29) is 22.7 Å². The molecule has 1 N–H and O–H groups in total. The zero-order chi connectivity index (χ0) is 14.8. The molecule has 1 aliphatic rings. The zero-order valence-electron chi connectivity index (χ0n) is 11.5. The average molecular weight is 324 g/mol. The van der Waals surface area contributed by atoms with E-state index in [4.69, 9.17) is 23.2 Å². The third-order valence-electron chi connectivity index (χ3n) is 4.16. The van der Waals surface area contributed by atoms with Gasteiger partial charge in [0, 0.05) is 17.5 Å². The highest BCUT2D eigenvalue weighted by Gasteiger charge is 2.29. The van der Waals surface area contributed by atoms with Crippen molar-refractivity contribution >= 4 is 23.2 Å². The fraction of sp³-hybridized carbons (Fsp3) is 0.294. The summed E-state index contributed by atoms with van der Waals surface area (Å²) in [7, 11) is 0. The molecule has 1 saturated heterocycles. The molecule has 2 aromatic rings. The van der Waals surface area contributed by atoms with Crippen LogP contribution in [0.15, 0.2) is 42.5 Å². The number of piperidine rings is 1. The van der Waals surface area contributed by atoms with Crippen molar-refractivity contribution in [2.45, 2.75) is 18.3 Å². The van der Waals surface area contributed by atoms with Crippen LogP contribution in [0.25, 0.3) is 0 Å². The van der Waals surface area contributed by atoms with Gasteiger partial charge in [0.1, 0.15) is 5.82 Å². The highest BCUT2D eigenvalue weighted by molar-refractivity contribution is 6.31. The van der Waals surface area contributed by atoms with Gasteiger partial charge in [-0.15, -0.1) is 0 Å². The first kappa shape index (κ1) is 14.8. The average Bonchev–Trinajstić information content (AvgIpc) is 2.51. The largest absolute Gasteiger partial charge is 0.316 e. The quantitative estimate of drug-likeness (QED) is 0.820. The van der Waals surface area contributed by atoms with Gasteiger partial charge >= 0.3 is 0 Å². The monoisotopic (exact) mass is 323 g/mol. The fourth-order valence-corrected chi connectivity index (χ4v) is 3.50. The van der Waals surface area contributed by atoms with E-state index in [2.05, 4.69) is 11.4 Å². The molecule has 2 atom stereocenters. The minimum absolute atomic E-state index is 0.168. The molecule has 21 heavy (non-hydrogen) atoms. The van der Waals surface area contributed by atoms with Crippen LogP contribution in [-0.2, 0) is 0 Å². The fourth-order valence-electron chi connectivity index (χ4n) is 3.10. The van der Waals surface area contributed by atoms with Crippen LogP contribution in [-0.4, -0.2) is 13.1 Å². The van der Waals surface area contributed by atoms with Crippen molar-refractivity contribution in [3.05, 3.63) is 69.5 Å². The van der Waals surface area contributed by atoms with Crippen molar-refractivity contribution < 1.29 is 4.39 Å². The third-order valence-corrected chi connectivity index (χ3v) is 4.81. The van der Waals surface area contributed by atoms with Crippen molar-refractivity contribution in [2.75, 3.05) is 13.1 Å². The Morgan fingerprint density at radius 3 is 2.57 bits per heavy atom. The molecule has 0 aliphatic carbocycles. The third kappa shape index (κ3) is 3.08. The van der Waals surface area contributed by atoms with Gasteiger partial charge in [-0.25, -0.2) is 4.39 Å². The van der Waals surface area contributed by atoms with Crippen LogP contribution >= 0.6 is 23.2 Å². The van der Waals surface area contributed by atoms with E-state index in [0.717, 1.165) is 35.7 Å². The number of rotatable bonds is 2. The van der Waals surface area contributed by atoms with Crippen molar-refractivity contribution in [2.24, 2.45) is 0 Å². The summed E-state index contributed by atoms with van der Waals surface area (Å²) in [4.78, 5) is 0. The molecule has 1 aliphatic heterocycles. The van der Waals surface area contributed by atoms with Crippen LogP contribution in [0.5, 0.6) is 0 Å². The van der Waals surface area contributed by atoms with E-state index < -0.39 is 0 Å². The Bertz CT molecular complexity index is 644. The number of hydrogen-bond donors (Lipinski definition) is 1. The molecule has 4 heteroatoms. The molecular weight excluding hydrogens is 308 g/mol. The Labute approximate surface area is 134 Å². The van der Waals surface area contributed by atoms with Gasteiger partial charge in [-0.3, -0.25) is 0 Å². The lowest BCUT2D eigenvalue weighted by Gasteiger charge is -2.33. The van der Waals surface area contributed by atoms with Crippen LogP contribution in [0.1, 0.15) is 29.4 Å². The summed E-state index contributed by atoms with van der Waals surface area (Å²) >= 11 is 12.1. The Hall–Kier alpha value is -1.09. The molecule has 1 nitrogen and oxygen atoms in total. The molecule has 0 amide bonds. The van der Waals surface area contributed by atoms with Crippen LogP contribution in [0, 0.1) is 5.82 Å². The van der Waals surface area contributed by atoms with E-state index in [1.165, 1.54) is 0 Å². The maximum atomic E-state index is 13.8. The first-order valence-corrected chi connectivity index (χ1v) is 7.82. The predicted octanol–water partition coefficient (Wildman–Crippen LogP) is 4.99. The van der Waals surface area contributed by atoms with E-state index in [9.17, 15) is 4.39 Å². The van der Waals surface area contributed by atoms with Gasteiger partial charge in [-0.2, -0.15) is 0 Å². The molecule has 1 heterocycles. The molecule has 0 saturated carbocycles. The number of nitrogens with one attached hydrogen (secondary N) is 1. The van der Waals surface area contributed by atoms with Crippen molar-refractivity contribution in [1.82, 2.24) is 5.32 Å². The lowest BCUT2D eigenvalue weighted by atomic mass is 9.77. The van der Waals surface area contributed by atoms with Crippen molar-refractivity contribution in [1.29, 1.82) is 0 Å². The van der Waals surface area contributed by atoms with Gasteiger partial charge in [0.2, 0.25) is 0 Å². The van der Waals surface area contributed by atoms with Crippen molar-refractivity contribution in [3.63, 3.8) is 0 Å². The summed E-state index contributed by atoms with van der Waals surface area (Å²) in [5, 5.41) is 4.35. The Kier molecular flexibility index (Phi) is 4.48. The molecular formula is C17H16Cl2FN. The Morgan fingerprint density at radius 1 is 1.00 bits per heavy atom. The second-order valence-corrected chi connectivity index (χ2v) is 6.22.